The molecule has 2 aromatic carbocycles. The van der Waals surface area contributed by atoms with Gasteiger partial charge in [-0.1, -0.05) is 11.3 Å². The van der Waals surface area contributed by atoms with Gasteiger partial charge in [0.25, 0.3) is 5.91 Å². The minimum Gasteiger partial charge on any atom is -0.496 e. The second-order valence-corrected chi connectivity index (χ2v) is 8.11. The van der Waals surface area contributed by atoms with Crippen LogP contribution < -0.4 is 19.1 Å². The Bertz CT molecular complexity index is 1340. The molecule has 1 fully saturated rings. The van der Waals surface area contributed by atoms with Crippen molar-refractivity contribution in [1.29, 1.82) is 0 Å². The first-order valence-electron chi connectivity index (χ1n) is 11.7. The Balaban J connectivity index is 1.35. The lowest BCUT2D eigenvalue weighted by molar-refractivity contribution is 0.0739. The van der Waals surface area contributed by atoms with E-state index in [9.17, 15) is 4.79 Å². The summed E-state index contributed by atoms with van der Waals surface area (Å²) in [5, 5.41) is 8.70. The van der Waals surface area contributed by atoms with E-state index in [1.807, 2.05) is 31.2 Å². The average Bonchev–Trinajstić information content (AvgIpc) is 3.37. The molecule has 0 atom stereocenters. The molecule has 3 heterocycles. The summed E-state index contributed by atoms with van der Waals surface area (Å²) in [6, 6.07) is 12.9. The summed E-state index contributed by atoms with van der Waals surface area (Å²) in [5.74, 6) is 2.34. The van der Waals surface area contributed by atoms with Crippen LogP contribution in [0.2, 0.25) is 0 Å². The van der Waals surface area contributed by atoms with Gasteiger partial charge in [-0.25, -0.2) is 9.97 Å². The number of ether oxygens (including phenoxy) is 3. The number of piperazine rings is 1. The van der Waals surface area contributed by atoms with Crippen molar-refractivity contribution in [2.24, 2.45) is 0 Å². The van der Waals surface area contributed by atoms with E-state index >= 15 is 0 Å². The van der Waals surface area contributed by atoms with Crippen LogP contribution in [0.25, 0.3) is 16.9 Å². The number of methoxy groups -OCH3 is 2. The molecule has 0 unspecified atom stereocenters. The predicted molar refractivity (Wildman–Crippen MR) is 133 cm³/mol. The molecule has 186 valence electrons. The van der Waals surface area contributed by atoms with Gasteiger partial charge in [0.2, 0.25) is 0 Å². The van der Waals surface area contributed by atoms with Crippen LogP contribution >= 0.6 is 0 Å². The molecule has 11 heteroatoms. The highest BCUT2D eigenvalue weighted by atomic mass is 16.5. The monoisotopic (exact) mass is 489 g/mol. The van der Waals surface area contributed by atoms with Crippen LogP contribution in [-0.2, 0) is 0 Å². The number of rotatable bonds is 7. The molecule has 1 amide bonds. The number of fused-ring (bicyclic) bond motifs is 1. The van der Waals surface area contributed by atoms with Crippen molar-refractivity contribution in [1.82, 2.24) is 29.9 Å². The number of carbonyl (C=O) groups excluding carboxylic acids is 1. The van der Waals surface area contributed by atoms with Gasteiger partial charge >= 0.3 is 0 Å². The molecule has 1 aliphatic heterocycles. The maximum atomic E-state index is 13.3. The van der Waals surface area contributed by atoms with Crippen molar-refractivity contribution in [2.45, 2.75) is 6.92 Å². The molecule has 5 rings (SSSR count). The van der Waals surface area contributed by atoms with Crippen molar-refractivity contribution in [3.8, 4) is 22.9 Å². The van der Waals surface area contributed by atoms with Gasteiger partial charge in [0.15, 0.2) is 17.0 Å². The van der Waals surface area contributed by atoms with E-state index < -0.39 is 0 Å². The molecule has 0 N–H and O–H groups in total. The standard InChI is InChI=1S/C25H27N7O4/c1-4-36-18-10-8-17(9-11-18)32-24-22(28-29-32)23(26-16-27-24)30-12-14-31(15-13-30)25(33)21-19(34-2)6-5-7-20(21)35-3/h5-11,16H,4,12-15H2,1-3H3. The Morgan fingerprint density at radius 2 is 1.64 bits per heavy atom. The van der Waals surface area contributed by atoms with Crippen LogP contribution in [0.15, 0.2) is 48.8 Å². The van der Waals surface area contributed by atoms with Crippen molar-refractivity contribution >= 4 is 22.9 Å². The molecule has 11 nitrogen and oxygen atoms in total. The summed E-state index contributed by atoms with van der Waals surface area (Å²) < 4.78 is 18.0. The van der Waals surface area contributed by atoms with Gasteiger partial charge in [-0.15, -0.1) is 5.10 Å². The molecule has 2 aromatic heterocycles. The van der Waals surface area contributed by atoms with Crippen molar-refractivity contribution in [3.05, 3.63) is 54.4 Å². The fraction of sp³-hybridized carbons (Fsp3) is 0.320. The fourth-order valence-electron chi connectivity index (χ4n) is 4.33. The number of aromatic nitrogens is 5. The zero-order valence-corrected chi connectivity index (χ0v) is 20.4. The molecule has 0 bridgehead atoms. The fourth-order valence-corrected chi connectivity index (χ4v) is 4.33. The summed E-state index contributed by atoms with van der Waals surface area (Å²) >= 11 is 0. The minimum absolute atomic E-state index is 0.127. The van der Waals surface area contributed by atoms with E-state index in [0.717, 1.165) is 11.4 Å². The Kier molecular flexibility index (Phi) is 6.52. The molecule has 4 aromatic rings. The van der Waals surface area contributed by atoms with E-state index in [0.29, 0.717) is 66.8 Å². The highest BCUT2D eigenvalue weighted by molar-refractivity contribution is 6.00. The summed E-state index contributed by atoms with van der Waals surface area (Å²) in [6.07, 6.45) is 1.52. The number of carbonyl (C=O) groups is 1. The smallest absolute Gasteiger partial charge is 0.261 e. The molecule has 0 saturated carbocycles. The SMILES string of the molecule is CCOc1ccc(-n2nnc3c(N4CCN(C(=O)c5c(OC)cccc5OC)CC4)ncnc32)cc1. The van der Waals surface area contributed by atoms with Gasteiger partial charge in [-0.2, -0.15) is 4.68 Å². The van der Waals surface area contributed by atoms with Gasteiger partial charge in [-0.3, -0.25) is 4.79 Å². The zero-order valence-electron chi connectivity index (χ0n) is 20.4. The molecule has 1 aliphatic rings. The van der Waals surface area contributed by atoms with E-state index in [2.05, 4.69) is 25.2 Å². The van der Waals surface area contributed by atoms with Crippen LogP contribution in [-0.4, -0.2) is 82.8 Å². The molecular weight excluding hydrogens is 462 g/mol. The molecule has 1 saturated heterocycles. The lowest BCUT2D eigenvalue weighted by Crippen LogP contribution is -2.49. The lowest BCUT2D eigenvalue weighted by atomic mass is 10.1. The van der Waals surface area contributed by atoms with Gasteiger partial charge < -0.3 is 24.0 Å². The third-order valence-electron chi connectivity index (χ3n) is 6.12. The topological polar surface area (TPSA) is 108 Å². The second-order valence-electron chi connectivity index (χ2n) is 8.11. The number of amides is 1. The molecule has 0 spiro atoms. The number of hydrogen-bond donors (Lipinski definition) is 0. The van der Waals surface area contributed by atoms with Crippen molar-refractivity contribution in [2.75, 3.05) is 51.9 Å². The number of anilines is 1. The van der Waals surface area contributed by atoms with Crippen LogP contribution in [0.4, 0.5) is 5.82 Å². The largest absolute Gasteiger partial charge is 0.496 e. The van der Waals surface area contributed by atoms with Crippen LogP contribution in [0, 0.1) is 0 Å². The first-order valence-corrected chi connectivity index (χ1v) is 11.7. The van der Waals surface area contributed by atoms with E-state index in [4.69, 9.17) is 14.2 Å². The van der Waals surface area contributed by atoms with E-state index in [-0.39, 0.29) is 5.91 Å². The van der Waals surface area contributed by atoms with E-state index in [1.165, 1.54) is 6.33 Å². The average molecular weight is 490 g/mol. The normalized spacial score (nSPS) is 13.6. The van der Waals surface area contributed by atoms with Crippen LogP contribution in [0.3, 0.4) is 0 Å². The summed E-state index contributed by atoms with van der Waals surface area (Å²) in [6.45, 7) is 4.75. The van der Waals surface area contributed by atoms with E-state index in [1.54, 1.807) is 42.0 Å². The second kappa shape index (κ2) is 10.1. The maximum Gasteiger partial charge on any atom is 0.261 e. The molecular formula is C25H27N7O4. The number of benzene rings is 2. The summed E-state index contributed by atoms with van der Waals surface area (Å²) in [7, 11) is 3.09. The first kappa shape index (κ1) is 23.3. The first-order chi connectivity index (χ1) is 17.6. The third-order valence-corrected chi connectivity index (χ3v) is 6.12. The lowest BCUT2D eigenvalue weighted by Gasteiger charge is -2.35. The van der Waals surface area contributed by atoms with Crippen molar-refractivity contribution < 1.29 is 19.0 Å². The molecule has 0 radical (unpaired) electrons. The predicted octanol–water partition coefficient (Wildman–Crippen LogP) is 2.59. The van der Waals surface area contributed by atoms with Gasteiger partial charge in [-0.05, 0) is 43.3 Å². The molecule has 0 aliphatic carbocycles. The van der Waals surface area contributed by atoms with Crippen LogP contribution in [0.5, 0.6) is 17.2 Å². The Hall–Kier alpha value is -4.41. The quantitative estimate of drug-likeness (QED) is 0.387. The number of hydrogen-bond acceptors (Lipinski definition) is 9. The maximum absolute atomic E-state index is 13.3. The van der Waals surface area contributed by atoms with Gasteiger partial charge in [0.05, 0.1) is 26.5 Å². The summed E-state index contributed by atoms with van der Waals surface area (Å²) in [4.78, 5) is 26.2. The Morgan fingerprint density at radius 1 is 0.944 bits per heavy atom. The van der Waals surface area contributed by atoms with Crippen molar-refractivity contribution in [3.63, 3.8) is 0 Å². The van der Waals surface area contributed by atoms with Gasteiger partial charge in [0, 0.05) is 26.2 Å². The Labute approximate surface area is 208 Å². The highest BCUT2D eigenvalue weighted by Crippen LogP contribution is 2.30. The highest BCUT2D eigenvalue weighted by Gasteiger charge is 2.28. The third kappa shape index (κ3) is 4.23. The zero-order chi connectivity index (χ0) is 25.1. The van der Waals surface area contributed by atoms with Crippen LogP contribution in [0.1, 0.15) is 17.3 Å². The molecule has 36 heavy (non-hydrogen) atoms. The van der Waals surface area contributed by atoms with Gasteiger partial charge in [0.1, 0.15) is 29.1 Å². The Morgan fingerprint density at radius 3 is 2.28 bits per heavy atom. The summed E-state index contributed by atoms with van der Waals surface area (Å²) in [5.41, 5.74) is 2.48. The number of nitrogens with zero attached hydrogens (tertiary/aromatic N) is 7. The minimum atomic E-state index is -0.127.